The molecule has 0 bridgehead atoms. The van der Waals surface area contributed by atoms with Gasteiger partial charge in [0, 0.05) is 25.0 Å². The van der Waals surface area contributed by atoms with Crippen molar-refractivity contribution in [3.05, 3.63) is 66.2 Å². The van der Waals surface area contributed by atoms with Gasteiger partial charge in [0.25, 0.3) is 0 Å². The first-order valence-corrected chi connectivity index (χ1v) is 6.09. The molecule has 0 saturated heterocycles. The summed E-state index contributed by atoms with van der Waals surface area (Å²) in [6, 6.07) is 11.6. The maximum Gasteiger partial charge on any atom is 0.0842 e. The Morgan fingerprint density at radius 3 is 2.63 bits per heavy atom. The molecule has 0 aliphatic heterocycles. The normalized spacial score (nSPS) is 12.5. The summed E-state index contributed by atoms with van der Waals surface area (Å²) in [7, 11) is 1.87. The lowest BCUT2D eigenvalue weighted by Crippen LogP contribution is -2.12. The van der Waals surface area contributed by atoms with Gasteiger partial charge in [-0.2, -0.15) is 10.2 Å². The highest BCUT2D eigenvalue weighted by Gasteiger charge is 2.13. The lowest BCUT2D eigenvalue weighted by Gasteiger charge is -2.05. The number of rotatable bonds is 3. The molecule has 0 spiro atoms. The van der Waals surface area contributed by atoms with Crippen LogP contribution in [0, 0.1) is 0 Å². The van der Waals surface area contributed by atoms with E-state index >= 15 is 0 Å². The van der Waals surface area contributed by atoms with Crippen LogP contribution < -0.4 is 5.73 Å². The Morgan fingerprint density at radius 1 is 1.16 bits per heavy atom. The topological polar surface area (TPSA) is 61.7 Å². The smallest absolute Gasteiger partial charge is 0.0842 e. The molecule has 1 unspecified atom stereocenters. The third kappa shape index (κ3) is 2.28. The van der Waals surface area contributed by atoms with E-state index < -0.39 is 0 Å². The van der Waals surface area contributed by atoms with Crippen LogP contribution in [0.1, 0.15) is 17.3 Å². The van der Waals surface area contributed by atoms with Crippen LogP contribution >= 0.6 is 0 Å². The zero-order chi connectivity index (χ0) is 13.2. The predicted molar refractivity (Wildman–Crippen MR) is 72.8 cm³/mol. The summed E-state index contributed by atoms with van der Waals surface area (Å²) in [5.74, 6) is 0. The number of aromatic nitrogens is 4. The van der Waals surface area contributed by atoms with Crippen LogP contribution in [0.25, 0.3) is 5.69 Å². The highest BCUT2D eigenvalue weighted by atomic mass is 15.3. The lowest BCUT2D eigenvalue weighted by molar-refractivity contribution is 0.757. The van der Waals surface area contributed by atoms with E-state index in [-0.39, 0.29) is 6.04 Å². The molecule has 3 aromatic rings. The van der Waals surface area contributed by atoms with Gasteiger partial charge in [0.15, 0.2) is 0 Å². The van der Waals surface area contributed by atoms with Gasteiger partial charge < -0.3 is 5.73 Å². The molecule has 0 radical (unpaired) electrons. The molecule has 0 aliphatic carbocycles. The zero-order valence-electron chi connectivity index (χ0n) is 10.6. The minimum atomic E-state index is -0.251. The van der Waals surface area contributed by atoms with Gasteiger partial charge in [-0.15, -0.1) is 0 Å². The van der Waals surface area contributed by atoms with Gasteiger partial charge in [-0.3, -0.25) is 4.68 Å². The van der Waals surface area contributed by atoms with E-state index in [1.54, 1.807) is 10.9 Å². The first kappa shape index (κ1) is 11.7. The standard InChI is InChI=1S/C14H15N5/c1-18-10-11(9-16-18)14(15)13-7-8-19(17-13)12-5-3-2-4-6-12/h2-10,14H,15H2,1H3. The van der Waals surface area contributed by atoms with Crippen molar-refractivity contribution in [2.45, 2.75) is 6.04 Å². The molecule has 0 aliphatic rings. The monoisotopic (exact) mass is 253 g/mol. The van der Waals surface area contributed by atoms with E-state index in [2.05, 4.69) is 10.2 Å². The molecule has 3 rings (SSSR count). The zero-order valence-corrected chi connectivity index (χ0v) is 10.6. The summed E-state index contributed by atoms with van der Waals surface area (Å²) in [6.45, 7) is 0. The molecule has 96 valence electrons. The fraction of sp³-hybridized carbons (Fsp3) is 0.143. The van der Waals surface area contributed by atoms with E-state index in [1.807, 2.05) is 60.5 Å². The first-order valence-electron chi connectivity index (χ1n) is 6.09. The van der Waals surface area contributed by atoms with Gasteiger partial charge in [-0.05, 0) is 18.2 Å². The lowest BCUT2D eigenvalue weighted by atomic mass is 10.1. The first-order chi connectivity index (χ1) is 9.24. The van der Waals surface area contributed by atoms with Gasteiger partial charge >= 0.3 is 0 Å². The van der Waals surface area contributed by atoms with Crippen molar-refractivity contribution >= 4 is 0 Å². The van der Waals surface area contributed by atoms with Gasteiger partial charge in [-0.1, -0.05) is 18.2 Å². The molecule has 2 aromatic heterocycles. The molecule has 1 atom stereocenters. The van der Waals surface area contributed by atoms with Gasteiger partial charge in [-0.25, -0.2) is 4.68 Å². The average Bonchev–Trinajstić information content (AvgIpc) is 3.08. The average molecular weight is 253 g/mol. The van der Waals surface area contributed by atoms with E-state index in [0.29, 0.717) is 0 Å². The quantitative estimate of drug-likeness (QED) is 0.772. The molecule has 2 heterocycles. The molecule has 2 N–H and O–H groups in total. The molecule has 5 heteroatoms. The highest BCUT2D eigenvalue weighted by Crippen LogP contribution is 2.18. The minimum Gasteiger partial charge on any atom is -0.319 e. The number of benzene rings is 1. The van der Waals surface area contributed by atoms with Crippen LogP contribution in [0.4, 0.5) is 0 Å². The van der Waals surface area contributed by atoms with Crippen molar-refractivity contribution in [3.63, 3.8) is 0 Å². The summed E-state index contributed by atoms with van der Waals surface area (Å²) in [6.07, 6.45) is 5.60. The third-order valence-electron chi connectivity index (χ3n) is 3.03. The number of nitrogens with zero attached hydrogens (tertiary/aromatic N) is 4. The molecular weight excluding hydrogens is 238 g/mol. The van der Waals surface area contributed by atoms with Crippen LogP contribution in [0.15, 0.2) is 55.0 Å². The largest absolute Gasteiger partial charge is 0.319 e. The van der Waals surface area contributed by atoms with Crippen molar-refractivity contribution < 1.29 is 0 Å². The molecule has 5 nitrogen and oxygen atoms in total. The van der Waals surface area contributed by atoms with Gasteiger partial charge in [0.2, 0.25) is 0 Å². The second kappa shape index (κ2) is 4.70. The fourth-order valence-corrected chi connectivity index (χ4v) is 2.00. The second-order valence-corrected chi connectivity index (χ2v) is 4.45. The Hall–Kier alpha value is -2.40. The SMILES string of the molecule is Cn1cc(C(N)c2ccn(-c3ccccc3)n2)cn1. The van der Waals surface area contributed by atoms with Crippen molar-refractivity contribution in [1.82, 2.24) is 19.6 Å². The van der Waals surface area contributed by atoms with E-state index in [4.69, 9.17) is 5.73 Å². The van der Waals surface area contributed by atoms with Crippen LogP contribution in [0.5, 0.6) is 0 Å². The Labute approximate surface area is 111 Å². The van der Waals surface area contributed by atoms with Crippen molar-refractivity contribution in [2.24, 2.45) is 12.8 Å². The van der Waals surface area contributed by atoms with Crippen molar-refractivity contribution in [3.8, 4) is 5.69 Å². The Bertz CT molecular complexity index is 668. The van der Waals surface area contributed by atoms with Crippen LogP contribution in [0.3, 0.4) is 0 Å². The maximum absolute atomic E-state index is 6.19. The summed E-state index contributed by atoms with van der Waals surface area (Å²) in [5, 5.41) is 8.65. The summed E-state index contributed by atoms with van der Waals surface area (Å²) in [4.78, 5) is 0. The molecule has 0 amide bonds. The third-order valence-corrected chi connectivity index (χ3v) is 3.03. The minimum absolute atomic E-state index is 0.251. The number of hydrogen-bond acceptors (Lipinski definition) is 3. The molecule has 1 aromatic carbocycles. The number of hydrogen-bond donors (Lipinski definition) is 1. The van der Waals surface area contributed by atoms with Crippen molar-refractivity contribution in [2.75, 3.05) is 0 Å². The molecular formula is C14H15N5. The van der Waals surface area contributed by atoms with Gasteiger partial charge in [0.05, 0.1) is 23.6 Å². The van der Waals surface area contributed by atoms with E-state index in [9.17, 15) is 0 Å². The van der Waals surface area contributed by atoms with Crippen LogP contribution in [-0.4, -0.2) is 19.6 Å². The van der Waals surface area contributed by atoms with E-state index in [1.165, 1.54) is 0 Å². The summed E-state index contributed by atoms with van der Waals surface area (Å²) in [5.41, 5.74) is 9.00. The summed E-state index contributed by atoms with van der Waals surface area (Å²) < 4.78 is 3.56. The highest BCUT2D eigenvalue weighted by molar-refractivity contribution is 5.31. The van der Waals surface area contributed by atoms with Crippen LogP contribution in [0.2, 0.25) is 0 Å². The Morgan fingerprint density at radius 2 is 1.95 bits per heavy atom. The van der Waals surface area contributed by atoms with Crippen LogP contribution in [-0.2, 0) is 7.05 Å². The van der Waals surface area contributed by atoms with Gasteiger partial charge in [0.1, 0.15) is 0 Å². The fourth-order valence-electron chi connectivity index (χ4n) is 2.00. The number of aryl methyl sites for hydroxylation is 1. The molecule has 19 heavy (non-hydrogen) atoms. The van der Waals surface area contributed by atoms with Crippen molar-refractivity contribution in [1.29, 1.82) is 0 Å². The molecule has 0 fully saturated rings. The Balaban J connectivity index is 1.89. The maximum atomic E-state index is 6.19. The number of para-hydroxylation sites is 1. The van der Waals surface area contributed by atoms with E-state index in [0.717, 1.165) is 16.9 Å². The number of nitrogens with two attached hydrogens (primary N) is 1. The Kier molecular flexibility index (Phi) is 2.89. The predicted octanol–water partition coefficient (Wildman–Crippen LogP) is 1.65. The summed E-state index contributed by atoms with van der Waals surface area (Å²) >= 11 is 0. The second-order valence-electron chi connectivity index (χ2n) is 4.45. The molecule has 0 saturated carbocycles.